The van der Waals surface area contributed by atoms with Crippen LogP contribution in [0.15, 0.2) is 27.6 Å². The summed E-state index contributed by atoms with van der Waals surface area (Å²) in [6.07, 6.45) is 0.339. The van der Waals surface area contributed by atoms with Gasteiger partial charge in [0.1, 0.15) is 6.04 Å². The van der Waals surface area contributed by atoms with E-state index in [2.05, 4.69) is 25.4 Å². The monoisotopic (exact) mass is 378 g/mol. The Bertz CT molecular complexity index is 617. The third-order valence-corrected chi connectivity index (χ3v) is 5.20. The van der Waals surface area contributed by atoms with Crippen molar-refractivity contribution in [1.82, 2.24) is 4.72 Å². The molecule has 1 aromatic rings. The molecule has 0 heterocycles. The van der Waals surface area contributed by atoms with Crippen LogP contribution < -0.4 is 10.5 Å². The quantitative estimate of drug-likeness (QED) is 0.581. The maximum absolute atomic E-state index is 12.4. The number of carbonyl (C=O) groups is 1. The zero-order valence-electron chi connectivity index (χ0n) is 12.1. The second-order valence-electron chi connectivity index (χ2n) is 5.02. The van der Waals surface area contributed by atoms with Gasteiger partial charge in [-0.25, -0.2) is 8.42 Å². The summed E-state index contributed by atoms with van der Waals surface area (Å²) in [6, 6.07) is 3.51. The van der Waals surface area contributed by atoms with E-state index >= 15 is 0 Å². The van der Waals surface area contributed by atoms with Crippen LogP contribution in [0.3, 0.4) is 0 Å². The standard InChI is InChI=1S/C13H19BrN2O4S/c1-8(2)6-11(13(17)20-3)16-21(18,19)12-7-9(15)4-5-10(12)14/h4-5,7-8,11,16H,6,15H2,1-3H3. The van der Waals surface area contributed by atoms with E-state index in [-0.39, 0.29) is 10.8 Å². The average Bonchev–Trinajstić information content (AvgIpc) is 2.38. The van der Waals surface area contributed by atoms with Crippen LogP contribution in [0.25, 0.3) is 0 Å². The maximum Gasteiger partial charge on any atom is 0.323 e. The highest BCUT2D eigenvalue weighted by atomic mass is 79.9. The molecule has 0 saturated carbocycles. The Kier molecular flexibility index (Phi) is 6.18. The van der Waals surface area contributed by atoms with E-state index in [0.717, 1.165) is 0 Å². The lowest BCUT2D eigenvalue weighted by molar-refractivity contribution is -0.143. The predicted molar refractivity (Wildman–Crippen MR) is 84.1 cm³/mol. The van der Waals surface area contributed by atoms with E-state index in [0.29, 0.717) is 16.6 Å². The summed E-state index contributed by atoms with van der Waals surface area (Å²) >= 11 is 3.17. The molecule has 1 aromatic carbocycles. The molecule has 0 saturated heterocycles. The lowest BCUT2D eigenvalue weighted by Gasteiger charge is -2.19. The third kappa shape index (κ3) is 4.98. The van der Waals surface area contributed by atoms with Gasteiger partial charge >= 0.3 is 5.97 Å². The molecule has 0 aromatic heterocycles. The number of rotatable bonds is 6. The number of hydrogen-bond donors (Lipinski definition) is 2. The number of nitrogen functional groups attached to an aromatic ring is 1. The third-order valence-electron chi connectivity index (χ3n) is 2.73. The van der Waals surface area contributed by atoms with Crippen LogP contribution in [0, 0.1) is 5.92 Å². The number of ether oxygens (including phenoxy) is 1. The van der Waals surface area contributed by atoms with Gasteiger partial charge in [-0.15, -0.1) is 0 Å². The van der Waals surface area contributed by atoms with Gasteiger partial charge in [-0.3, -0.25) is 4.79 Å². The highest BCUT2D eigenvalue weighted by Gasteiger charge is 2.28. The number of nitrogens with two attached hydrogens (primary N) is 1. The molecule has 6 nitrogen and oxygen atoms in total. The number of sulfonamides is 1. The fourth-order valence-corrected chi connectivity index (χ4v) is 3.98. The Morgan fingerprint density at radius 3 is 2.57 bits per heavy atom. The number of nitrogens with one attached hydrogen (secondary N) is 1. The van der Waals surface area contributed by atoms with Crippen molar-refractivity contribution >= 4 is 37.6 Å². The largest absolute Gasteiger partial charge is 0.468 e. The van der Waals surface area contributed by atoms with Crippen LogP contribution in [-0.2, 0) is 19.6 Å². The van der Waals surface area contributed by atoms with Crippen molar-refractivity contribution in [3.8, 4) is 0 Å². The van der Waals surface area contributed by atoms with E-state index in [9.17, 15) is 13.2 Å². The van der Waals surface area contributed by atoms with Gasteiger partial charge in [0.25, 0.3) is 0 Å². The highest BCUT2D eigenvalue weighted by molar-refractivity contribution is 9.10. The normalized spacial score (nSPS) is 13.2. The number of methoxy groups -OCH3 is 1. The Hall–Kier alpha value is -1.12. The van der Waals surface area contributed by atoms with Crippen molar-refractivity contribution < 1.29 is 17.9 Å². The number of hydrogen-bond acceptors (Lipinski definition) is 5. The fraction of sp³-hybridized carbons (Fsp3) is 0.462. The topological polar surface area (TPSA) is 98.5 Å². The van der Waals surface area contributed by atoms with Gasteiger partial charge in [0.15, 0.2) is 0 Å². The smallest absolute Gasteiger partial charge is 0.323 e. The summed E-state index contributed by atoms with van der Waals surface area (Å²) in [5, 5.41) is 0. The number of anilines is 1. The fourth-order valence-electron chi connectivity index (χ4n) is 1.78. The van der Waals surface area contributed by atoms with Crippen molar-refractivity contribution in [1.29, 1.82) is 0 Å². The van der Waals surface area contributed by atoms with Crippen LogP contribution in [0.4, 0.5) is 5.69 Å². The molecule has 1 unspecified atom stereocenters. The van der Waals surface area contributed by atoms with Gasteiger partial charge < -0.3 is 10.5 Å². The highest BCUT2D eigenvalue weighted by Crippen LogP contribution is 2.24. The second kappa shape index (κ2) is 7.24. The van der Waals surface area contributed by atoms with Gasteiger partial charge in [-0.1, -0.05) is 13.8 Å². The van der Waals surface area contributed by atoms with Gasteiger partial charge in [0.05, 0.1) is 12.0 Å². The molecule has 0 fully saturated rings. The summed E-state index contributed by atoms with van der Waals surface area (Å²) in [6.45, 7) is 3.78. The van der Waals surface area contributed by atoms with Crippen molar-refractivity contribution in [3.05, 3.63) is 22.7 Å². The van der Waals surface area contributed by atoms with E-state index in [4.69, 9.17) is 5.73 Å². The first kappa shape index (κ1) is 17.9. The molecule has 8 heteroatoms. The van der Waals surface area contributed by atoms with Crippen LogP contribution in [0.2, 0.25) is 0 Å². The molecule has 0 aliphatic heterocycles. The van der Waals surface area contributed by atoms with Crippen molar-refractivity contribution in [2.75, 3.05) is 12.8 Å². The summed E-state index contributed by atoms with van der Waals surface area (Å²) in [4.78, 5) is 11.7. The number of carbonyl (C=O) groups excluding carboxylic acids is 1. The van der Waals surface area contributed by atoms with Crippen LogP contribution in [-0.4, -0.2) is 27.5 Å². The zero-order chi connectivity index (χ0) is 16.2. The zero-order valence-corrected chi connectivity index (χ0v) is 14.5. The molecule has 118 valence electrons. The Labute approximate surface area is 133 Å². The van der Waals surface area contributed by atoms with E-state index in [1.807, 2.05) is 13.8 Å². The first-order valence-electron chi connectivity index (χ1n) is 6.32. The van der Waals surface area contributed by atoms with E-state index in [1.54, 1.807) is 12.1 Å². The lowest BCUT2D eigenvalue weighted by atomic mass is 10.1. The molecule has 1 atom stereocenters. The van der Waals surface area contributed by atoms with Gasteiger partial charge in [0, 0.05) is 10.2 Å². The van der Waals surface area contributed by atoms with E-state index in [1.165, 1.54) is 13.2 Å². The van der Waals surface area contributed by atoms with E-state index < -0.39 is 22.0 Å². The molecule has 0 bridgehead atoms. The van der Waals surface area contributed by atoms with Crippen molar-refractivity contribution in [2.45, 2.75) is 31.2 Å². The minimum atomic E-state index is -3.89. The summed E-state index contributed by atoms with van der Waals surface area (Å²) < 4.78 is 32.2. The molecule has 0 radical (unpaired) electrons. The van der Waals surface area contributed by atoms with Crippen molar-refractivity contribution in [3.63, 3.8) is 0 Å². The Balaban J connectivity index is 3.11. The predicted octanol–water partition coefficient (Wildman–Crippen LogP) is 1.90. The first-order chi connectivity index (χ1) is 9.67. The lowest BCUT2D eigenvalue weighted by Crippen LogP contribution is -2.42. The number of benzene rings is 1. The minimum Gasteiger partial charge on any atom is -0.468 e. The molecule has 21 heavy (non-hydrogen) atoms. The molecule has 0 aliphatic rings. The average molecular weight is 379 g/mol. The molecule has 0 spiro atoms. The summed E-state index contributed by atoms with van der Waals surface area (Å²) in [5.74, 6) is -0.492. The van der Waals surface area contributed by atoms with Gasteiger partial charge in [-0.05, 0) is 46.5 Å². The number of esters is 1. The van der Waals surface area contributed by atoms with Gasteiger partial charge in [0.2, 0.25) is 10.0 Å². The molecule has 0 aliphatic carbocycles. The van der Waals surface area contributed by atoms with Crippen LogP contribution in [0.1, 0.15) is 20.3 Å². The van der Waals surface area contributed by atoms with Gasteiger partial charge in [-0.2, -0.15) is 4.72 Å². The van der Waals surface area contributed by atoms with Crippen LogP contribution in [0.5, 0.6) is 0 Å². The first-order valence-corrected chi connectivity index (χ1v) is 8.60. The number of halogens is 1. The molecular weight excluding hydrogens is 360 g/mol. The SMILES string of the molecule is COC(=O)C(CC(C)C)NS(=O)(=O)c1cc(N)ccc1Br. The molecular formula is C13H19BrN2O4S. The summed E-state index contributed by atoms with van der Waals surface area (Å²) in [5.41, 5.74) is 5.93. The molecule has 3 N–H and O–H groups in total. The van der Waals surface area contributed by atoms with Crippen molar-refractivity contribution in [2.24, 2.45) is 5.92 Å². The Morgan fingerprint density at radius 2 is 2.05 bits per heavy atom. The molecule has 0 amide bonds. The maximum atomic E-state index is 12.4. The van der Waals surface area contributed by atoms with Crippen LogP contribution >= 0.6 is 15.9 Å². The summed E-state index contributed by atoms with van der Waals surface area (Å²) in [7, 11) is -2.67. The molecule has 1 rings (SSSR count). The minimum absolute atomic E-state index is 0.0137. The Morgan fingerprint density at radius 1 is 1.43 bits per heavy atom. The second-order valence-corrected chi connectivity index (χ2v) is 7.55.